The minimum Gasteiger partial charge on any atom is -0.491 e. The Bertz CT molecular complexity index is 683. The van der Waals surface area contributed by atoms with Crippen LogP contribution in [-0.2, 0) is 0 Å². The van der Waals surface area contributed by atoms with E-state index in [1.807, 2.05) is 0 Å². The summed E-state index contributed by atoms with van der Waals surface area (Å²) in [6.45, 7) is 2.08. The van der Waals surface area contributed by atoms with E-state index in [1.54, 1.807) is 13.0 Å². The summed E-state index contributed by atoms with van der Waals surface area (Å²) < 4.78 is 25.1. The van der Waals surface area contributed by atoms with Gasteiger partial charge in [-0.25, -0.2) is 4.39 Å². The molecule has 0 unspecified atom stereocenters. The fourth-order valence-corrected chi connectivity index (χ4v) is 2.44. The maximum atomic E-state index is 13.6. The second-order valence-corrected chi connectivity index (χ2v) is 5.72. The average Bonchev–Trinajstić information content (AvgIpc) is 2.41. The summed E-state index contributed by atoms with van der Waals surface area (Å²) in [5, 5.41) is 0.771. The van der Waals surface area contributed by atoms with Crippen molar-refractivity contribution in [2.24, 2.45) is 0 Å². The summed E-state index contributed by atoms with van der Waals surface area (Å²) in [7, 11) is 0. The molecule has 2 aromatic carbocycles. The molecule has 0 saturated carbocycles. The maximum Gasteiger partial charge on any atom is 0.167 e. The van der Waals surface area contributed by atoms with E-state index in [-0.39, 0.29) is 17.2 Å². The molecule has 2 N–H and O–H groups in total. The molecular formula is C14H11BrCl2FNO2. The molecule has 2 aromatic rings. The molecule has 0 aromatic heterocycles. The predicted molar refractivity (Wildman–Crippen MR) is 86.2 cm³/mol. The molecule has 0 spiro atoms. The highest BCUT2D eigenvalue weighted by Gasteiger charge is 2.13. The van der Waals surface area contributed by atoms with Gasteiger partial charge in [0.15, 0.2) is 17.3 Å². The Morgan fingerprint density at radius 1 is 1.10 bits per heavy atom. The Hall–Kier alpha value is -1.17. The normalized spacial score (nSPS) is 10.5. The van der Waals surface area contributed by atoms with Gasteiger partial charge >= 0.3 is 0 Å². The van der Waals surface area contributed by atoms with E-state index in [2.05, 4.69) is 15.9 Å². The lowest BCUT2D eigenvalue weighted by atomic mass is 10.2. The van der Waals surface area contributed by atoms with Crippen molar-refractivity contribution < 1.29 is 13.9 Å². The number of ether oxygens (including phenoxy) is 2. The second-order valence-electron chi connectivity index (χ2n) is 4.05. The molecular weight excluding hydrogens is 384 g/mol. The highest BCUT2D eigenvalue weighted by atomic mass is 79.9. The molecule has 0 saturated heterocycles. The topological polar surface area (TPSA) is 44.5 Å². The summed E-state index contributed by atoms with van der Waals surface area (Å²) in [6, 6.07) is 5.65. The van der Waals surface area contributed by atoms with Crippen LogP contribution in [0, 0.1) is 5.82 Å². The number of benzene rings is 2. The van der Waals surface area contributed by atoms with E-state index >= 15 is 0 Å². The van der Waals surface area contributed by atoms with Gasteiger partial charge in [0.05, 0.1) is 22.3 Å². The average molecular weight is 395 g/mol. The van der Waals surface area contributed by atoms with Gasteiger partial charge < -0.3 is 15.2 Å². The Kier molecular flexibility index (Phi) is 5.19. The van der Waals surface area contributed by atoms with E-state index in [1.165, 1.54) is 12.1 Å². The lowest BCUT2D eigenvalue weighted by Gasteiger charge is -2.13. The molecule has 0 amide bonds. The van der Waals surface area contributed by atoms with Gasteiger partial charge in [-0.05, 0) is 28.9 Å². The molecule has 0 aliphatic heterocycles. The highest BCUT2D eigenvalue weighted by Crippen LogP contribution is 2.39. The van der Waals surface area contributed by atoms with Gasteiger partial charge in [-0.15, -0.1) is 0 Å². The Labute approximate surface area is 139 Å². The summed E-state index contributed by atoms with van der Waals surface area (Å²) in [4.78, 5) is 0. The van der Waals surface area contributed by atoms with Gasteiger partial charge in [0.2, 0.25) is 0 Å². The van der Waals surface area contributed by atoms with Crippen molar-refractivity contribution in [3.05, 3.63) is 44.6 Å². The molecule has 0 aliphatic carbocycles. The van der Waals surface area contributed by atoms with E-state index in [0.29, 0.717) is 26.9 Å². The lowest BCUT2D eigenvalue weighted by molar-refractivity contribution is 0.319. The zero-order valence-electron chi connectivity index (χ0n) is 10.9. The number of nitrogen functional groups attached to an aromatic ring is 1. The summed E-state index contributed by atoms with van der Waals surface area (Å²) >= 11 is 15.3. The first-order chi connectivity index (χ1) is 9.92. The monoisotopic (exact) mass is 393 g/mol. The van der Waals surface area contributed by atoms with Crippen LogP contribution in [0.1, 0.15) is 6.92 Å². The van der Waals surface area contributed by atoms with Crippen molar-refractivity contribution in [1.29, 1.82) is 0 Å². The molecule has 3 nitrogen and oxygen atoms in total. The molecule has 0 bridgehead atoms. The van der Waals surface area contributed by atoms with E-state index in [4.69, 9.17) is 38.4 Å². The molecule has 0 heterocycles. The molecule has 0 atom stereocenters. The summed E-state index contributed by atoms with van der Waals surface area (Å²) in [6.07, 6.45) is 0. The second kappa shape index (κ2) is 6.73. The van der Waals surface area contributed by atoms with Crippen molar-refractivity contribution in [3.63, 3.8) is 0 Å². The Morgan fingerprint density at radius 3 is 2.48 bits per heavy atom. The quantitative estimate of drug-likeness (QED) is 0.536. The molecule has 2 rings (SSSR count). The number of hydrogen-bond donors (Lipinski definition) is 1. The van der Waals surface area contributed by atoms with Crippen LogP contribution >= 0.6 is 39.1 Å². The van der Waals surface area contributed by atoms with Crippen LogP contribution in [0.3, 0.4) is 0 Å². The van der Waals surface area contributed by atoms with Crippen molar-refractivity contribution in [1.82, 2.24) is 0 Å². The zero-order valence-corrected chi connectivity index (χ0v) is 14.0. The number of rotatable bonds is 4. The Balaban J connectivity index is 2.39. The maximum absolute atomic E-state index is 13.6. The molecule has 0 fully saturated rings. The molecule has 21 heavy (non-hydrogen) atoms. The summed E-state index contributed by atoms with van der Waals surface area (Å²) in [5.74, 6) is 0.0495. The smallest absolute Gasteiger partial charge is 0.167 e. The highest BCUT2D eigenvalue weighted by molar-refractivity contribution is 9.10. The fraction of sp³-hybridized carbons (Fsp3) is 0.143. The van der Waals surface area contributed by atoms with Crippen LogP contribution in [0.4, 0.5) is 10.1 Å². The largest absolute Gasteiger partial charge is 0.491 e. The number of anilines is 1. The molecule has 0 radical (unpaired) electrons. The van der Waals surface area contributed by atoms with Gasteiger partial charge in [0.1, 0.15) is 5.75 Å². The SMILES string of the molecule is CCOc1cc(Oc2cc(Cl)c(Br)cc2Cl)c(N)cc1F. The standard InChI is InChI=1S/C14H11BrCl2FNO2/c1-2-20-13-6-14(11(19)5-10(13)18)21-12-4-8(16)7(15)3-9(12)17/h3-6H,2,19H2,1H3. The van der Waals surface area contributed by atoms with Crippen LogP contribution in [0.15, 0.2) is 28.7 Å². The number of halogens is 4. The van der Waals surface area contributed by atoms with Crippen molar-refractivity contribution in [2.45, 2.75) is 6.92 Å². The third kappa shape index (κ3) is 3.73. The first-order valence-electron chi connectivity index (χ1n) is 5.96. The fourth-order valence-electron chi connectivity index (χ4n) is 1.61. The van der Waals surface area contributed by atoms with Gasteiger partial charge in [-0.2, -0.15) is 0 Å². The first-order valence-corrected chi connectivity index (χ1v) is 7.51. The first kappa shape index (κ1) is 16.2. The van der Waals surface area contributed by atoms with Crippen LogP contribution in [0.2, 0.25) is 10.0 Å². The van der Waals surface area contributed by atoms with Crippen LogP contribution in [0.5, 0.6) is 17.2 Å². The van der Waals surface area contributed by atoms with E-state index in [0.717, 1.165) is 6.07 Å². The number of hydrogen-bond acceptors (Lipinski definition) is 3. The van der Waals surface area contributed by atoms with Gasteiger partial charge in [-0.3, -0.25) is 0 Å². The predicted octanol–water partition coefficient (Wildman–Crippen LogP) is 5.67. The molecule has 112 valence electrons. The third-order valence-corrected chi connectivity index (χ3v) is 4.05. The van der Waals surface area contributed by atoms with Crippen LogP contribution < -0.4 is 15.2 Å². The third-order valence-electron chi connectivity index (χ3n) is 2.56. The zero-order chi connectivity index (χ0) is 15.6. The molecule has 7 heteroatoms. The Morgan fingerprint density at radius 2 is 1.81 bits per heavy atom. The minimum absolute atomic E-state index is 0.0565. The van der Waals surface area contributed by atoms with E-state index in [9.17, 15) is 4.39 Å². The van der Waals surface area contributed by atoms with E-state index < -0.39 is 5.82 Å². The van der Waals surface area contributed by atoms with Gasteiger partial charge in [0.25, 0.3) is 0 Å². The molecule has 0 aliphatic rings. The van der Waals surface area contributed by atoms with Crippen LogP contribution in [-0.4, -0.2) is 6.61 Å². The summed E-state index contributed by atoms with van der Waals surface area (Å²) in [5.41, 5.74) is 5.88. The van der Waals surface area contributed by atoms with Crippen molar-refractivity contribution >= 4 is 44.8 Å². The van der Waals surface area contributed by atoms with Gasteiger partial charge in [-0.1, -0.05) is 23.2 Å². The number of nitrogens with two attached hydrogens (primary N) is 1. The van der Waals surface area contributed by atoms with Crippen LogP contribution in [0.25, 0.3) is 0 Å². The van der Waals surface area contributed by atoms with Crippen molar-refractivity contribution in [2.75, 3.05) is 12.3 Å². The lowest BCUT2D eigenvalue weighted by Crippen LogP contribution is -1.99. The van der Waals surface area contributed by atoms with Gasteiger partial charge in [0, 0.05) is 22.7 Å². The minimum atomic E-state index is -0.554. The van der Waals surface area contributed by atoms with Crippen molar-refractivity contribution in [3.8, 4) is 17.2 Å².